The molecule has 2 aliphatic rings. The van der Waals surface area contributed by atoms with Crippen molar-refractivity contribution in [1.29, 1.82) is 0 Å². The summed E-state index contributed by atoms with van der Waals surface area (Å²) in [4.78, 5) is 16.5. The molecule has 1 saturated heterocycles. The minimum absolute atomic E-state index is 0.161. The Balaban J connectivity index is 1.73. The number of hydrogen-bond acceptors (Lipinski definition) is 6. The van der Waals surface area contributed by atoms with Crippen LogP contribution in [-0.2, 0) is 6.54 Å². The maximum atomic E-state index is 14.0. The van der Waals surface area contributed by atoms with Gasteiger partial charge in [0, 0.05) is 38.1 Å². The summed E-state index contributed by atoms with van der Waals surface area (Å²) in [5.41, 5.74) is 12.6. The van der Waals surface area contributed by atoms with E-state index in [4.69, 9.17) is 27.3 Å². The van der Waals surface area contributed by atoms with Crippen LogP contribution in [0.3, 0.4) is 0 Å². The first-order valence-corrected chi connectivity index (χ1v) is 13.2. The molecule has 192 valence electrons. The second kappa shape index (κ2) is 10.6. The number of alkyl halides is 1. The van der Waals surface area contributed by atoms with Crippen molar-refractivity contribution < 1.29 is 4.39 Å². The molecule has 0 unspecified atom stereocenters. The number of nitrogens with one attached hydrogen (secondary N) is 1. The largest absolute Gasteiger partial charge is 0.380 e. The Labute approximate surface area is 216 Å². The van der Waals surface area contributed by atoms with Gasteiger partial charge in [0.2, 0.25) is 5.95 Å². The first-order chi connectivity index (χ1) is 17.5. The molecule has 1 aliphatic heterocycles. The fourth-order valence-electron chi connectivity index (χ4n) is 5.62. The van der Waals surface area contributed by atoms with Gasteiger partial charge in [0.15, 0.2) is 5.84 Å². The Morgan fingerprint density at radius 2 is 2.00 bits per heavy atom. The highest BCUT2D eigenvalue weighted by molar-refractivity contribution is 6.30. The lowest BCUT2D eigenvalue weighted by Gasteiger charge is -2.29. The number of halogens is 2. The third kappa shape index (κ3) is 4.85. The van der Waals surface area contributed by atoms with Crippen LogP contribution in [0.15, 0.2) is 29.6 Å². The highest BCUT2D eigenvalue weighted by atomic mass is 35.5. The van der Waals surface area contributed by atoms with Gasteiger partial charge < -0.3 is 20.6 Å². The number of hydrazone groups is 1. The van der Waals surface area contributed by atoms with E-state index in [9.17, 15) is 4.39 Å². The zero-order chi connectivity index (χ0) is 25.2. The van der Waals surface area contributed by atoms with Gasteiger partial charge in [-0.25, -0.2) is 14.4 Å². The Bertz CT molecular complexity index is 1250. The van der Waals surface area contributed by atoms with Crippen molar-refractivity contribution in [2.45, 2.75) is 58.0 Å². The van der Waals surface area contributed by atoms with Crippen molar-refractivity contribution >= 4 is 34.4 Å². The molecule has 4 heterocycles. The van der Waals surface area contributed by atoms with E-state index < -0.39 is 0 Å². The van der Waals surface area contributed by atoms with E-state index in [0.717, 1.165) is 54.4 Å². The van der Waals surface area contributed by atoms with Crippen LogP contribution >= 0.6 is 11.6 Å². The molecule has 0 amide bonds. The molecule has 3 aromatic rings. The Hall–Kier alpha value is -2.94. The molecule has 0 radical (unpaired) electrons. The number of nitrogens with zero attached hydrogens (tertiary/aromatic N) is 6. The van der Waals surface area contributed by atoms with Crippen molar-refractivity contribution in [3.63, 3.8) is 0 Å². The average molecular weight is 513 g/mol. The van der Waals surface area contributed by atoms with Crippen LogP contribution in [0.4, 0.5) is 10.3 Å². The van der Waals surface area contributed by atoms with Crippen molar-refractivity contribution in [1.82, 2.24) is 24.9 Å². The number of rotatable bonds is 7. The molecule has 3 N–H and O–H groups in total. The molecule has 1 saturated carbocycles. The van der Waals surface area contributed by atoms with Crippen LogP contribution in [0, 0.1) is 11.8 Å². The predicted molar refractivity (Wildman–Crippen MR) is 143 cm³/mol. The van der Waals surface area contributed by atoms with Gasteiger partial charge in [0.1, 0.15) is 12.4 Å². The predicted octanol–water partition coefficient (Wildman–Crippen LogP) is 4.75. The second-order valence-electron chi connectivity index (χ2n) is 10.1. The molecule has 1 aliphatic carbocycles. The Morgan fingerprint density at radius 1 is 1.19 bits per heavy atom. The fraction of sp³-hybridized carbons (Fsp3) is 0.538. The smallest absolute Gasteiger partial charge is 0.206 e. The van der Waals surface area contributed by atoms with Gasteiger partial charge in [0.05, 0.1) is 27.8 Å². The lowest BCUT2D eigenvalue weighted by Crippen LogP contribution is -2.33. The minimum atomic E-state index is -0.388. The number of hydrogen-bond donors (Lipinski definition) is 2. The number of anilines is 1. The second-order valence-corrected chi connectivity index (χ2v) is 10.6. The minimum Gasteiger partial charge on any atom is -0.380 e. The lowest BCUT2D eigenvalue weighted by molar-refractivity contribution is 0.266. The molecular formula is C26H34ClFN8. The van der Waals surface area contributed by atoms with E-state index in [1.165, 1.54) is 25.7 Å². The number of fused-ring (bicyclic) bond motifs is 1. The maximum absolute atomic E-state index is 14.0. The van der Waals surface area contributed by atoms with Gasteiger partial charge in [-0.05, 0) is 49.7 Å². The SMILES string of the molecule is CNN=C(N)c1cc2nc(N3CCC[C@H]3CF)n(CC3CCC(C)CC3)c2c(-c2cncc(Cl)c2)n1. The maximum Gasteiger partial charge on any atom is 0.206 e. The summed E-state index contributed by atoms with van der Waals surface area (Å²) in [6.45, 7) is 3.55. The summed E-state index contributed by atoms with van der Waals surface area (Å²) in [7, 11) is 1.69. The van der Waals surface area contributed by atoms with Crippen molar-refractivity contribution in [2.24, 2.45) is 22.7 Å². The first kappa shape index (κ1) is 24.7. The van der Waals surface area contributed by atoms with Gasteiger partial charge >= 0.3 is 0 Å². The van der Waals surface area contributed by atoms with Crippen LogP contribution < -0.4 is 16.1 Å². The number of nitrogens with two attached hydrogens (primary N) is 1. The number of pyridine rings is 2. The normalized spacial score (nSPS) is 22.9. The lowest BCUT2D eigenvalue weighted by atomic mass is 9.83. The highest BCUT2D eigenvalue weighted by Crippen LogP contribution is 2.37. The summed E-state index contributed by atoms with van der Waals surface area (Å²) < 4.78 is 16.3. The molecule has 5 rings (SSSR count). The standard InChI is InChI=1S/C26H34ClFN8/c1-16-5-7-17(8-6-16)15-36-24-21(33-26(36)35-9-3-4-20(35)12-28)11-22(25(29)34-30-2)32-23(24)18-10-19(27)14-31-13-18/h10-11,13-14,16-17,20,30H,3-9,12,15H2,1-2H3,(H2,29,34)/t16?,17?,20-/m0/s1. The van der Waals surface area contributed by atoms with Crippen molar-refractivity contribution in [3.05, 3.63) is 35.2 Å². The Kier molecular flexibility index (Phi) is 7.27. The molecule has 0 aromatic carbocycles. The average Bonchev–Trinajstić information content (AvgIpc) is 3.49. The van der Waals surface area contributed by atoms with Gasteiger partial charge in [-0.2, -0.15) is 5.10 Å². The molecule has 8 nitrogen and oxygen atoms in total. The van der Waals surface area contributed by atoms with Gasteiger partial charge in [-0.3, -0.25) is 4.98 Å². The van der Waals surface area contributed by atoms with Crippen LogP contribution in [-0.4, -0.2) is 51.7 Å². The quantitative estimate of drug-likeness (QED) is 0.269. The highest BCUT2D eigenvalue weighted by Gasteiger charge is 2.31. The van der Waals surface area contributed by atoms with E-state index in [1.807, 2.05) is 12.1 Å². The molecule has 10 heteroatoms. The summed E-state index contributed by atoms with van der Waals surface area (Å²) in [6, 6.07) is 3.56. The fourth-order valence-corrected chi connectivity index (χ4v) is 5.79. The van der Waals surface area contributed by atoms with Crippen LogP contribution in [0.5, 0.6) is 0 Å². The van der Waals surface area contributed by atoms with Gasteiger partial charge in [0.25, 0.3) is 0 Å². The van der Waals surface area contributed by atoms with E-state index >= 15 is 0 Å². The summed E-state index contributed by atoms with van der Waals surface area (Å²) >= 11 is 6.33. The molecule has 2 fully saturated rings. The summed E-state index contributed by atoms with van der Waals surface area (Å²) in [5.74, 6) is 2.37. The molecule has 36 heavy (non-hydrogen) atoms. The number of imidazole rings is 1. The van der Waals surface area contributed by atoms with Crippen molar-refractivity contribution in [2.75, 3.05) is 25.2 Å². The van der Waals surface area contributed by atoms with Crippen LogP contribution in [0.2, 0.25) is 5.02 Å². The van der Waals surface area contributed by atoms with Crippen molar-refractivity contribution in [3.8, 4) is 11.3 Å². The molecule has 0 bridgehead atoms. The summed E-state index contributed by atoms with van der Waals surface area (Å²) in [6.07, 6.45) is 9.95. The molecule has 3 aromatic heterocycles. The third-order valence-electron chi connectivity index (χ3n) is 7.57. The molecular weight excluding hydrogens is 479 g/mol. The van der Waals surface area contributed by atoms with E-state index in [0.29, 0.717) is 22.3 Å². The van der Waals surface area contributed by atoms with Gasteiger partial charge in [-0.1, -0.05) is 31.4 Å². The van der Waals surface area contributed by atoms with Gasteiger partial charge in [-0.15, -0.1) is 0 Å². The number of aromatic nitrogens is 4. The van der Waals surface area contributed by atoms with Crippen LogP contribution in [0.25, 0.3) is 22.3 Å². The monoisotopic (exact) mass is 512 g/mol. The zero-order valence-corrected chi connectivity index (χ0v) is 21.7. The van der Waals surface area contributed by atoms with E-state index in [-0.39, 0.29) is 18.6 Å². The number of amidine groups is 1. The van der Waals surface area contributed by atoms with E-state index in [2.05, 4.69) is 31.9 Å². The summed E-state index contributed by atoms with van der Waals surface area (Å²) in [5, 5.41) is 4.65. The van der Waals surface area contributed by atoms with Crippen LogP contribution in [0.1, 0.15) is 51.1 Å². The Morgan fingerprint density at radius 3 is 2.72 bits per heavy atom. The zero-order valence-electron chi connectivity index (χ0n) is 20.9. The first-order valence-electron chi connectivity index (χ1n) is 12.8. The third-order valence-corrected chi connectivity index (χ3v) is 7.77. The molecule has 0 spiro atoms. The van der Waals surface area contributed by atoms with E-state index in [1.54, 1.807) is 19.4 Å². The molecule has 1 atom stereocenters. The topological polar surface area (TPSA) is 97.2 Å².